The van der Waals surface area contributed by atoms with E-state index < -0.39 is 5.60 Å². The van der Waals surface area contributed by atoms with E-state index in [-0.39, 0.29) is 12.0 Å². The van der Waals surface area contributed by atoms with Gasteiger partial charge in [-0.05, 0) is 37.0 Å². The zero-order chi connectivity index (χ0) is 18.7. The van der Waals surface area contributed by atoms with Gasteiger partial charge in [-0.3, -0.25) is 4.90 Å². The fourth-order valence-corrected chi connectivity index (χ4v) is 4.73. The Morgan fingerprint density at radius 1 is 1.15 bits per heavy atom. The van der Waals surface area contributed by atoms with Crippen LogP contribution in [0, 0.1) is 17.2 Å². The van der Waals surface area contributed by atoms with Crippen molar-refractivity contribution in [2.45, 2.75) is 43.7 Å². The number of ether oxygens (including phenoxy) is 3. The zero-order valence-corrected chi connectivity index (χ0v) is 15.8. The highest BCUT2D eigenvalue weighted by Gasteiger charge is 2.49. The maximum absolute atomic E-state index is 11.3. The standard InChI is InChI=1S/C20H28N2O4/c1-24-16-12-14(13-17(25-2)19(16)26-3)18-15-6-4-5-7-20(15,23)8-10-22(18)11-9-21/h12-13,15,18,23H,4-8,10-11H2,1-3H3/t15-,18-,20-/m0/s1. The fraction of sp³-hybridized carbons (Fsp3) is 0.650. The number of likely N-dealkylation sites (tertiary alicyclic amines) is 1. The summed E-state index contributed by atoms with van der Waals surface area (Å²) in [7, 11) is 4.79. The zero-order valence-electron chi connectivity index (χ0n) is 15.8. The van der Waals surface area contributed by atoms with Crippen molar-refractivity contribution in [3.05, 3.63) is 17.7 Å². The Hall–Kier alpha value is -1.97. The number of methoxy groups -OCH3 is 3. The van der Waals surface area contributed by atoms with Crippen LogP contribution < -0.4 is 14.2 Å². The predicted octanol–water partition coefficient (Wildman–Crippen LogP) is 2.90. The number of piperidine rings is 1. The molecule has 1 heterocycles. The SMILES string of the molecule is COc1cc([C@H]2[C@@H]3CCCC[C@]3(O)CCN2CC#N)cc(OC)c1OC. The molecule has 2 fully saturated rings. The van der Waals surface area contributed by atoms with Gasteiger partial charge >= 0.3 is 0 Å². The topological polar surface area (TPSA) is 75.0 Å². The maximum atomic E-state index is 11.3. The Morgan fingerprint density at radius 2 is 1.85 bits per heavy atom. The summed E-state index contributed by atoms with van der Waals surface area (Å²) in [5.41, 5.74) is 0.342. The summed E-state index contributed by atoms with van der Waals surface area (Å²) in [5.74, 6) is 1.86. The average Bonchev–Trinajstić information content (AvgIpc) is 2.66. The van der Waals surface area contributed by atoms with Gasteiger partial charge in [0.1, 0.15) is 0 Å². The molecular formula is C20H28N2O4. The van der Waals surface area contributed by atoms with E-state index in [1.807, 2.05) is 12.1 Å². The number of nitriles is 1. The molecule has 3 atom stereocenters. The first-order valence-electron chi connectivity index (χ1n) is 9.21. The summed E-state index contributed by atoms with van der Waals surface area (Å²) in [5, 5.41) is 20.6. The van der Waals surface area contributed by atoms with Gasteiger partial charge in [-0.2, -0.15) is 5.26 Å². The van der Waals surface area contributed by atoms with E-state index in [2.05, 4.69) is 11.0 Å². The van der Waals surface area contributed by atoms with Gasteiger partial charge in [0.15, 0.2) is 11.5 Å². The van der Waals surface area contributed by atoms with Crippen molar-refractivity contribution in [1.29, 1.82) is 5.26 Å². The molecule has 142 valence electrons. The van der Waals surface area contributed by atoms with Crippen LogP contribution in [-0.4, -0.2) is 50.0 Å². The molecule has 1 aromatic rings. The van der Waals surface area contributed by atoms with Gasteiger partial charge in [0.25, 0.3) is 0 Å². The second-order valence-electron chi connectivity index (χ2n) is 7.24. The summed E-state index contributed by atoms with van der Waals surface area (Å²) in [6.45, 7) is 1.05. The molecule has 0 amide bonds. The molecular weight excluding hydrogens is 332 g/mol. The number of nitrogens with zero attached hydrogens (tertiary/aromatic N) is 2. The molecule has 0 spiro atoms. The molecule has 1 aliphatic heterocycles. The van der Waals surface area contributed by atoms with E-state index in [0.717, 1.165) is 37.7 Å². The van der Waals surface area contributed by atoms with Crippen molar-refractivity contribution in [1.82, 2.24) is 4.90 Å². The third kappa shape index (κ3) is 3.22. The Labute approximate surface area is 155 Å². The van der Waals surface area contributed by atoms with Crippen molar-refractivity contribution < 1.29 is 19.3 Å². The lowest BCUT2D eigenvalue weighted by atomic mass is 9.66. The van der Waals surface area contributed by atoms with Crippen molar-refractivity contribution in [2.24, 2.45) is 5.92 Å². The molecule has 0 radical (unpaired) electrons. The molecule has 0 unspecified atom stereocenters. The normalized spacial score (nSPS) is 28.7. The Bertz CT molecular complexity index is 662. The number of hydrogen-bond donors (Lipinski definition) is 1. The van der Waals surface area contributed by atoms with E-state index in [1.54, 1.807) is 21.3 Å². The molecule has 26 heavy (non-hydrogen) atoms. The monoisotopic (exact) mass is 360 g/mol. The first kappa shape index (κ1) is 18.8. The summed E-state index contributed by atoms with van der Waals surface area (Å²) >= 11 is 0. The minimum Gasteiger partial charge on any atom is -0.493 e. The quantitative estimate of drug-likeness (QED) is 0.814. The Morgan fingerprint density at radius 3 is 2.42 bits per heavy atom. The fourth-order valence-electron chi connectivity index (χ4n) is 4.73. The van der Waals surface area contributed by atoms with Crippen LogP contribution >= 0.6 is 0 Å². The average molecular weight is 360 g/mol. The van der Waals surface area contributed by atoms with E-state index in [0.29, 0.717) is 30.3 Å². The van der Waals surface area contributed by atoms with Crippen molar-refractivity contribution in [3.8, 4) is 23.3 Å². The number of rotatable bonds is 5. The van der Waals surface area contributed by atoms with Crippen LogP contribution in [0.3, 0.4) is 0 Å². The van der Waals surface area contributed by atoms with Crippen LogP contribution in [0.4, 0.5) is 0 Å². The smallest absolute Gasteiger partial charge is 0.203 e. The van der Waals surface area contributed by atoms with E-state index in [1.165, 1.54) is 0 Å². The second-order valence-corrected chi connectivity index (χ2v) is 7.24. The van der Waals surface area contributed by atoms with Crippen LogP contribution in [0.25, 0.3) is 0 Å². The van der Waals surface area contributed by atoms with Crippen LogP contribution in [0.2, 0.25) is 0 Å². The van der Waals surface area contributed by atoms with Crippen molar-refractivity contribution >= 4 is 0 Å². The minimum absolute atomic E-state index is 0.0394. The maximum Gasteiger partial charge on any atom is 0.203 e. The summed E-state index contributed by atoms with van der Waals surface area (Å²) in [6, 6.07) is 6.15. The first-order chi connectivity index (χ1) is 12.6. The third-order valence-corrected chi connectivity index (χ3v) is 5.97. The molecule has 2 aliphatic rings. The van der Waals surface area contributed by atoms with E-state index in [9.17, 15) is 10.4 Å². The van der Waals surface area contributed by atoms with Gasteiger partial charge in [-0.1, -0.05) is 12.8 Å². The number of benzene rings is 1. The van der Waals surface area contributed by atoms with Gasteiger partial charge in [-0.25, -0.2) is 0 Å². The lowest BCUT2D eigenvalue weighted by molar-refractivity contribution is -0.121. The largest absolute Gasteiger partial charge is 0.493 e. The number of aliphatic hydroxyl groups is 1. The van der Waals surface area contributed by atoms with Gasteiger partial charge in [0.05, 0.1) is 39.5 Å². The molecule has 0 bridgehead atoms. The molecule has 0 aromatic heterocycles. The van der Waals surface area contributed by atoms with Gasteiger partial charge in [0.2, 0.25) is 5.75 Å². The molecule has 1 saturated heterocycles. The molecule has 6 nitrogen and oxygen atoms in total. The summed E-state index contributed by atoms with van der Waals surface area (Å²) in [4.78, 5) is 2.17. The second kappa shape index (κ2) is 7.73. The predicted molar refractivity (Wildman–Crippen MR) is 97.5 cm³/mol. The van der Waals surface area contributed by atoms with Gasteiger partial charge < -0.3 is 19.3 Å². The molecule has 1 aromatic carbocycles. The highest BCUT2D eigenvalue weighted by atomic mass is 16.5. The van der Waals surface area contributed by atoms with Crippen LogP contribution in [0.5, 0.6) is 17.2 Å². The van der Waals surface area contributed by atoms with Crippen molar-refractivity contribution in [2.75, 3.05) is 34.4 Å². The van der Waals surface area contributed by atoms with E-state index in [4.69, 9.17) is 14.2 Å². The van der Waals surface area contributed by atoms with Crippen molar-refractivity contribution in [3.63, 3.8) is 0 Å². The molecule has 3 rings (SSSR count). The highest BCUT2D eigenvalue weighted by Crippen LogP contribution is 2.51. The number of hydrogen-bond acceptors (Lipinski definition) is 6. The highest BCUT2D eigenvalue weighted by molar-refractivity contribution is 5.54. The molecule has 1 saturated carbocycles. The minimum atomic E-state index is -0.657. The summed E-state index contributed by atoms with van der Waals surface area (Å²) < 4.78 is 16.5. The Kier molecular flexibility index (Phi) is 5.59. The lowest BCUT2D eigenvalue weighted by Crippen LogP contribution is -2.54. The van der Waals surface area contributed by atoms with Gasteiger partial charge in [-0.15, -0.1) is 0 Å². The third-order valence-electron chi connectivity index (χ3n) is 5.97. The van der Waals surface area contributed by atoms with E-state index >= 15 is 0 Å². The van der Waals surface area contributed by atoms with Crippen LogP contribution in [0.1, 0.15) is 43.7 Å². The van der Waals surface area contributed by atoms with Crippen LogP contribution in [-0.2, 0) is 0 Å². The van der Waals surface area contributed by atoms with Gasteiger partial charge in [0, 0.05) is 18.5 Å². The molecule has 1 N–H and O–H groups in total. The summed E-state index contributed by atoms with van der Waals surface area (Å²) in [6.07, 6.45) is 4.68. The Balaban J connectivity index is 2.08. The van der Waals surface area contributed by atoms with Crippen LogP contribution in [0.15, 0.2) is 12.1 Å². The lowest BCUT2D eigenvalue weighted by Gasteiger charge is -2.52. The first-order valence-corrected chi connectivity index (χ1v) is 9.21. The molecule has 6 heteroatoms. The number of fused-ring (bicyclic) bond motifs is 1. The molecule has 1 aliphatic carbocycles.